The van der Waals surface area contributed by atoms with Crippen LogP contribution in [-0.4, -0.2) is 23.1 Å². The van der Waals surface area contributed by atoms with E-state index in [1.807, 2.05) is 55.6 Å². The summed E-state index contributed by atoms with van der Waals surface area (Å²) in [6.07, 6.45) is 8.72. The van der Waals surface area contributed by atoms with Crippen molar-refractivity contribution >= 4 is 23.4 Å². The number of benzene rings is 2. The van der Waals surface area contributed by atoms with Crippen molar-refractivity contribution in [2.75, 3.05) is 10.6 Å². The first-order valence-corrected chi connectivity index (χ1v) is 13.1. The first-order valence-electron chi connectivity index (χ1n) is 13.1. The average Bonchev–Trinajstić information content (AvgIpc) is 2.89. The first-order chi connectivity index (χ1) is 17.8. The normalized spacial score (nSPS) is 17.6. The topological polar surface area (TPSA) is 80.3 Å². The maximum atomic E-state index is 12.3. The fourth-order valence-electron chi connectivity index (χ4n) is 4.84. The zero-order valence-electron chi connectivity index (χ0n) is 22.0. The molecule has 2 heterocycles. The van der Waals surface area contributed by atoms with Gasteiger partial charge in [-0.2, -0.15) is 0 Å². The summed E-state index contributed by atoms with van der Waals surface area (Å²) in [6.45, 7) is 6.52. The van der Waals surface area contributed by atoms with Crippen molar-refractivity contribution in [1.29, 1.82) is 0 Å². The smallest absolute Gasteiger partial charge is 0.323 e. The van der Waals surface area contributed by atoms with Gasteiger partial charge in [-0.25, -0.2) is 4.79 Å². The number of para-hydroxylation sites is 1. The van der Waals surface area contributed by atoms with Crippen LogP contribution in [0.3, 0.4) is 0 Å². The lowest BCUT2D eigenvalue weighted by Gasteiger charge is -2.32. The van der Waals surface area contributed by atoms with Gasteiger partial charge in [-0.05, 0) is 91.3 Å². The molecule has 2 amide bonds. The van der Waals surface area contributed by atoms with Gasteiger partial charge < -0.3 is 15.4 Å². The van der Waals surface area contributed by atoms with Crippen molar-refractivity contribution in [2.24, 2.45) is 5.41 Å². The molecule has 0 bridgehead atoms. The third-order valence-electron chi connectivity index (χ3n) is 7.25. The number of hydrogen-bond donors (Lipinski definition) is 2. The number of cyclic esters (lactones) is 1. The summed E-state index contributed by atoms with van der Waals surface area (Å²) in [6, 6.07) is 19.5. The van der Waals surface area contributed by atoms with Gasteiger partial charge in [-0.1, -0.05) is 50.2 Å². The molecule has 0 aliphatic carbocycles. The van der Waals surface area contributed by atoms with Crippen LogP contribution in [0.15, 0.2) is 73.1 Å². The van der Waals surface area contributed by atoms with Crippen molar-refractivity contribution in [3.05, 3.63) is 89.7 Å². The van der Waals surface area contributed by atoms with E-state index >= 15 is 0 Å². The largest absolute Gasteiger partial charge is 0.462 e. The van der Waals surface area contributed by atoms with E-state index in [1.54, 1.807) is 6.20 Å². The molecule has 1 aromatic heterocycles. The van der Waals surface area contributed by atoms with Crippen molar-refractivity contribution in [3.8, 4) is 0 Å². The number of nitrogens with zero attached hydrogens (tertiary/aromatic N) is 1. The molecule has 2 aromatic carbocycles. The summed E-state index contributed by atoms with van der Waals surface area (Å²) in [5.74, 6) is 0.0816. The number of nitrogens with one attached hydrogen (secondary N) is 2. The standard InChI is InChI=1S/C31H37N3O3/c1-22-7-4-5-9-28(22)34-30(36)33-26-12-10-23(11-13-26)14-16-31(2,3)17-15-27-19-25(20-29(35)37-27)24-8-6-18-32-21-24/h4-13,18,21,25,27H,14-17,19-20H2,1-3H3,(H2,33,34,36)/t25-,27?/m1/s1. The summed E-state index contributed by atoms with van der Waals surface area (Å²) >= 11 is 0. The van der Waals surface area contributed by atoms with E-state index in [0.717, 1.165) is 54.6 Å². The highest BCUT2D eigenvalue weighted by molar-refractivity contribution is 6.00. The van der Waals surface area contributed by atoms with E-state index < -0.39 is 0 Å². The highest BCUT2D eigenvalue weighted by Crippen LogP contribution is 2.35. The molecule has 0 radical (unpaired) electrons. The quantitative estimate of drug-likeness (QED) is 0.304. The zero-order valence-corrected chi connectivity index (χ0v) is 22.0. The Morgan fingerprint density at radius 3 is 2.54 bits per heavy atom. The lowest BCUT2D eigenvalue weighted by molar-refractivity contribution is -0.155. The number of carbonyl (C=O) groups excluding carboxylic acids is 2. The van der Waals surface area contributed by atoms with Crippen LogP contribution in [0.4, 0.5) is 16.2 Å². The number of ether oxygens (including phenoxy) is 1. The van der Waals surface area contributed by atoms with Gasteiger partial charge in [-0.15, -0.1) is 0 Å². The van der Waals surface area contributed by atoms with E-state index in [1.165, 1.54) is 5.56 Å². The molecule has 1 saturated heterocycles. The molecule has 3 aromatic rings. The SMILES string of the molecule is Cc1ccccc1NC(=O)Nc1ccc(CCC(C)(C)CCC2C[C@@H](c3cccnc3)CC(=O)O2)cc1. The summed E-state index contributed by atoms with van der Waals surface area (Å²) in [4.78, 5) is 28.8. The van der Waals surface area contributed by atoms with Gasteiger partial charge in [0.05, 0.1) is 6.42 Å². The maximum Gasteiger partial charge on any atom is 0.323 e. The molecule has 1 unspecified atom stereocenters. The number of aromatic nitrogens is 1. The third-order valence-corrected chi connectivity index (χ3v) is 7.25. The van der Waals surface area contributed by atoms with Gasteiger partial charge in [0.25, 0.3) is 0 Å². The molecule has 6 heteroatoms. The molecule has 194 valence electrons. The van der Waals surface area contributed by atoms with E-state index in [9.17, 15) is 9.59 Å². The second-order valence-electron chi connectivity index (χ2n) is 10.8. The minimum absolute atomic E-state index is 0.0399. The van der Waals surface area contributed by atoms with Crippen LogP contribution >= 0.6 is 0 Å². The minimum atomic E-state index is -0.252. The number of esters is 1. The molecule has 0 saturated carbocycles. The van der Waals surface area contributed by atoms with Crippen molar-refractivity contribution in [1.82, 2.24) is 4.98 Å². The minimum Gasteiger partial charge on any atom is -0.462 e. The van der Waals surface area contributed by atoms with Gasteiger partial charge in [0.1, 0.15) is 6.10 Å². The number of urea groups is 1. The van der Waals surface area contributed by atoms with E-state index in [0.29, 0.717) is 6.42 Å². The Bertz CT molecular complexity index is 1190. The molecule has 1 aliphatic rings. The molecule has 2 N–H and O–H groups in total. The van der Waals surface area contributed by atoms with Crippen LogP contribution in [-0.2, 0) is 16.0 Å². The highest BCUT2D eigenvalue weighted by atomic mass is 16.5. The molecule has 2 atom stereocenters. The Hall–Kier alpha value is -3.67. The predicted octanol–water partition coefficient (Wildman–Crippen LogP) is 7.26. The average molecular weight is 500 g/mol. The molecule has 0 spiro atoms. The van der Waals surface area contributed by atoms with E-state index in [-0.39, 0.29) is 29.4 Å². The van der Waals surface area contributed by atoms with E-state index in [2.05, 4.69) is 47.7 Å². The van der Waals surface area contributed by atoms with Crippen LogP contribution in [0, 0.1) is 12.3 Å². The number of pyridine rings is 1. The maximum absolute atomic E-state index is 12.3. The van der Waals surface area contributed by atoms with Gasteiger partial charge in [-0.3, -0.25) is 9.78 Å². The Morgan fingerprint density at radius 1 is 1.03 bits per heavy atom. The van der Waals surface area contributed by atoms with Crippen molar-refractivity contribution in [3.63, 3.8) is 0 Å². The fraction of sp³-hybridized carbons (Fsp3) is 0.387. The summed E-state index contributed by atoms with van der Waals surface area (Å²) in [5, 5.41) is 5.79. The van der Waals surface area contributed by atoms with Crippen LogP contribution in [0.2, 0.25) is 0 Å². The van der Waals surface area contributed by atoms with Gasteiger partial charge in [0.2, 0.25) is 0 Å². The van der Waals surface area contributed by atoms with Crippen molar-refractivity contribution < 1.29 is 14.3 Å². The number of aryl methyl sites for hydroxylation is 2. The zero-order chi connectivity index (χ0) is 26.3. The number of rotatable bonds is 9. The predicted molar refractivity (Wildman–Crippen MR) is 148 cm³/mol. The number of anilines is 2. The Labute approximate surface area is 219 Å². The van der Waals surface area contributed by atoms with Gasteiger partial charge in [0.15, 0.2) is 0 Å². The van der Waals surface area contributed by atoms with Crippen LogP contribution in [0.5, 0.6) is 0 Å². The highest BCUT2D eigenvalue weighted by Gasteiger charge is 2.31. The molecular formula is C31H37N3O3. The second-order valence-corrected chi connectivity index (χ2v) is 10.8. The third kappa shape index (κ3) is 7.91. The molecule has 4 rings (SSSR count). The van der Waals surface area contributed by atoms with E-state index in [4.69, 9.17) is 4.74 Å². The molecular weight excluding hydrogens is 462 g/mol. The number of amides is 2. The monoisotopic (exact) mass is 499 g/mol. The molecule has 37 heavy (non-hydrogen) atoms. The lowest BCUT2D eigenvalue weighted by atomic mass is 9.79. The van der Waals surface area contributed by atoms with Crippen LogP contribution < -0.4 is 10.6 Å². The van der Waals surface area contributed by atoms with Crippen LogP contribution in [0.1, 0.15) is 68.6 Å². The fourth-order valence-corrected chi connectivity index (χ4v) is 4.84. The van der Waals surface area contributed by atoms with Gasteiger partial charge >= 0.3 is 12.0 Å². The first kappa shape index (κ1) is 26.4. The molecule has 1 fully saturated rings. The van der Waals surface area contributed by atoms with Crippen molar-refractivity contribution in [2.45, 2.75) is 71.3 Å². The number of hydrogen-bond acceptors (Lipinski definition) is 4. The Kier molecular flexibility index (Phi) is 8.59. The summed E-state index contributed by atoms with van der Waals surface area (Å²) in [7, 11) is 0. The summed E-state index contributed by atoms with van der Waals surface area (Å²) < 4.78 is 5.69. The Morgan fingerprint density at radius 2 is 1.81 bits per heavy atom. The summed E-state index contributed by atoms with van der Waals surface area (Å²) in [5.41, 5.74) is 5.06. The molecule has 6 nitrogen and oxygen atoms in total. The second kappa shape index (κ2) is 12.0. The molecule has 1 aliphatic heterocycles. The van der Waals surface area contributed by atoms with Gasteiger partial charge in [0, 0.05) is 23.8 Å². The van der Waals surface area contributed by atoms with Crippen LogP contribution in [0.25, 0.3) is 0 Å². The Balaban J connectivity index is 1.23. The lowest BCUT2D eigenvalue weighted by Crippen LogP contribution is -2.30. The number of carbonyl (C=O) groups is 2.